The van der Waals surface area contributed by atoms with Crippen LogP contribution in [0, 0.1) is 6.92 Å². The van der Waals surface area contributed by atoms with Gasteiger partial charge in [-0.15, -0.1) is 10.2 Å². The molecule has 162 valence electrons. The molecule has 0 radical (unpaired) electrons. The Kier molecular flexibility index (Phi) is 6.09. The van der Waals surface area contributed by atoms with E-state index in [0.717, 1.165) is 29.2 Å². The largest absolute Gasteiger partial charge is 0.417 e. The summed E-state index contributed by atoms with van der Waals surface area (Å²) in [6.07, 6.45) is -7.20. The molecule has 3 aromatic rings. The van der Waals surface area contributed by atoms with Gasteiger partial charge in [0, 0.05) is 11.1 Å². The Morgan fingerprint density at radius 1 is 0.806 bits per heavy atom. The van der Waals surface area contributed by atoms with Gasteiger partial charge in [0.15, 0.2) is 5.82 Å². The van der Waals surface area contributed by atoms with E-state index in [1.165, 1.54) is 43.3 Å². The zero-order chi connectivity index (χ0) is 22.6. The van der Waals surface area contributed by atoms with E-state index in [-0.39, 0.29) is 22.9 Å². The number of nitrogens with one attached hydrogen (secondary N) is 1. The van der Waals surface area contributed by atoms with Crippen LogP contribution >= 0.6 is 0 Å². The van der Waals surface area contributed by atoms with Gasteiger partial charge in [0.05, 0.1) is 23.6 Å². The minimum absolute atomic E-state index is 0.0982. The van der Waals surface area contributed by atoms with Crippen LogP contribution in [0.25, 0.3) is 0 Å². The lowest BCUT2D eigenvalue weighted by Gasteiger charge is -2.09. The third kappa shape index (κ3) is 5.27. The second kappa shape index (κ2) is 8.58. The number of rotatable bonds is 5. The summed E-state index contributed by atoms with van der Waals surface area (Å²) in [6, 6.07) is 9.66. The van der Waals surface area contributed by atoms with Crippen LogP contribution in [-0.2, 0) is 12.4 Å². The van der Waals surface area contributed by atoms with Crippen LogP contribution in [0.15, 0.2) is 58.7 Å². The van der Waals surface area contributed by atoms with E-state index in [4.69, 9.17) is 0 Å². The Balaban J connectivity index is 1.84. The summed E-state index contributed by atoms with van der Waals surface area (Å²) in [5.74, 6) is 0.119. The average molecular weight is 440 g/mol. The molecule has 0 amide bonds. The molecule has 6 nitrogen and oxygen atoms in total. The number of benzene rings is 2. The number of aromatic nitrogens is 3. The van der Waals surface area contributed by atoms with Gasteiger partial charge in [-0.25, -0.2) is 5.43 Å². The molecule has 1 aromatic heterocycles. The van der Waals surface area contributed by atoms with Crippen molar-refractivity contribution in [3.05, 3.63) is 76.6 Å². The number of halogens is 6. The maximum absolute atomic E-state index is 13.1. The van der Waals surface area contributed by atoms with Gasteiger partial charge in [-0.3, -0.25) is 0 Å². The number of nitrogens with zero attached hydrogens (tertiary/aromatic N) is 5. The van der Waals surface area contributed by atoms with Gasteiger partial charge in [0.2, 0.25) is 0 Å². The molecule has 1 heterocycles. The summed E-state index contributed by atoms with van der Waals surface area (Å²) >= 11 is 0. The molecule has 31 heavy (non-hydrogen) atoms. The van der Waals surface area contributed by atoms with E-state index in [9.17, 15) is 26.3 Å². The normalized spacial score (nSPS) is 12.7. The predicted octanol–water partition coefficient (Wildman–Crippen LogP) is 4.95. The van der Waals surface area contributed by atoms with Crippen molar-refractivity contribution < 1.29 is 26.3 Å². The summed E-state index contributed by atoms with van der Waals surface area (Å²) < 4.78 is 79.5. The van der Waals surface area contributed by atoms with Crippen molar-refractivity contribution >= 4 is 18.4 Å². The molecule has 0 aliphatic rings. The first kappa shape index (κ1) is 22.0. The third-order valence-corrected chi connectivity index (χ3v) is 4.01. The number of aryl methyl sites for hydroxylation is 1. The van der Waals surface area contributed by atoms with Crippen LogP contribution in [0.3, 0.4) is 0 Å². The fourth-order valence-corrected chi connectivity index (χ4v) is 2.58. The zero-order valence-electron chi connectivity index (χ0n) is 15.8. The molecule has 12 heteroatoms. The quantitative estimate of drug-likeness (QED) is 0.347. The lowest BCUT2D eigenvalue weighted by Crippen LogP contribution is -2.09. The van der Waals surface area contributed by atoms with Crippen LogP contribution < -0.4 is 5.43 Å². The van der Waals surface area contributed by atoms with E-state index in [1.807, 2.05) is 0 Å². The lowest BCUT2D eigenvalue weighted by molar-refractivity contribution is -0.138. The standard InChI is InChI=1S/C19H14F6N6/c1-12-28-30-17(29-26-10-13-6-2-4-8-15(13)18(20,21)22)31(12)27-11-14-7-3-5-9-16(14)19(23,24)25/h2-11H,1H3,(H,29,30)/b26-10-,27-11+. The molecule has 0 bridgehead atoms. The summed E-state index contributed by atoms with van der Waals surface area (Å²) in [4.78, 5) is 0. The molecule has 0 atom stereocenters. The molecule has 2 aromatic carbocycles. The van der Waals surface area contributed by atoms with Gasteiger partial charge < -0.3 is 0 Å². The van der Waals surface area contributed by atoms with Crippen LogP contribution in [0.4, 0.5) is 32.3 Å². The van der Waals surface area contributed by atoms with Crippen molar-refractivity contribution in [2.75, 3.05) is 5.43 Å². The van der Waals surface area contributed by atoms with Crippen molar-refractivity contribution in [3.63, 3.8) is 0 Å². The second-order valence-corrected chi connectivity index (χ2v) is 6.17. The average Bonchev–Trinajstić information content (AvgIpc) is 3.05. The highest BCUT2D eigenvalue weighted by Gasteiger charge is 2.33. The van der Waals surface area contributed by atoms with Crippen LogP contribution in [0.1, 0.15) is 28.1 Å². The van der Waals surface area contributed by atoms with Gasteiger partial charge in [-0.05, 0) is 19.1 Å². The van der Waals surface area contributed by atoms with Crippen molar-refractivity contribution in [1.82, 2.24) is 14.9 Å². The highest BCUT2D eigenvalue weighted by atomic mass is 19.4. The zero-order valence-corrected chi connectivity index (χ0v) is 15.8. The SMILES string of the molecule is Cc1nnc(N/N=C\c2ccccc2C(F)(F)F)n1/N=C/c1ccccc1C(F)(F)F. The van der Waals surface area contributed by atoms with Gasteiger partial charge in [0.25, 0.3) is 5.95 Å². The molecule has 0 fully saturated rings. The summed E-state index contributed by atoms with van der Waals surface area (Å²) in [5, 5.41) is 15.1. The predicted molar refractivity (Wildman–Crippen MR) is 102 cm³/mol. The highest BCUT2D eigenvalue weighted by molar-refractivity contribution is 5.83. The van der Waals surface area contributed by atoms with E-state index in [1.54, 1.807) is 0 Å². The summed E-state index contributed by atoms with van der Waals surface area (Å²) in [5.41, 5.74) is 0.278. The molecular weight excluding hydrogens is 426 g/mol. The molecule has 0 unspecified atom stereocenters. The topological polar surface area (TPSA) is 67.5 Å². The Labute approximate surface area is 171 Å². The van der Waals surface area contributed by atoms with Crippen molar-refractivity contribution in [3.8, 4) is 0 Å². The Bertz CT molecular complexity index is 1110. The number of hydrogen-bond acceptors (Lipinski definition) is 5. The summed E-state index contributed by atoms with van der Waals surface area (Å²) in [6.45, 7) is 1.49. The Morgan fingerprint density at radius 3 is 1.87 bits per heavy atom. The van der Waals surface area contributed by atoms with Gasteiger partial charge in [-0.1, -0.05) is 36.4 Å². The van der Waals surface area contributed by atoms with Crippen molar-refractivity contribution in [2.24, 2.45) is 10.2 Å². The first-order chi connectivity index (χ1) is 14.6. The van der Waals surface area contributed by atoms with Gasteiger partial charge >= 0.3 is 12.4 Å². The first-order valence-electron chi connectivity index (χ1n) is 8.65. The minimum Gasteiger partial charge on any atom is -0.244 e. The maximum atomic E-state index is 13.1. The minimum atomic E-state index is -4.57. The Hall–Kier alpha value is -3.70. The molecule has 0 saturated heterocycles. The molecule has 3 rings (SSSR count). The van der Waals surface area contributed by atoms with Crippen molar-refractivity contribution in [1.29, 1.82) is 0 Å². The Morgan fingerprint density at radius 2 is 1.32 bits per heavy atom. The molecular formula is C19H14F6N6. The van der Waals surface area contributed by atoms with Crippen LogP contribution in [0.2, 0.25) is 0 Å². The number of alkyl halides is 6. The van der Waals surface area contributed by atoms with Crippen LogP contribution in [0.5, 0.6) is 0 Å². The maximum Gasteiger partial charge on any atom is 0.417 e. The van der Waals surface area contributed by atoms with E-state index in [0.29, 0.717) is 0 Å². The third-order valence-electron chi connectivity index (χ3n) is 4.01. The monoisotopic (exact) mass is 440 g/mol. The van der Waals surface area contributed by atoms with E-state index >= 15 is 0 Å². The number of hydrogen-bond donors (Lipinski definition) is 1. The van der Waals surface area contributed by atoms with Crippen molar-refractivity contribution in [2.45, 2.75) is 19.3 Å². The molecule has 1 N–H and O–H groups in total. The first-order valence-corrected chi connectivity index (χ1v) is 8.65. The molecule has 0 aliphatic carbocycles. The number of anilines is 1. The number of hydrazone groups is 1. The van der Waals surface area contributed by atoms with Gasteiger partial charge in [-0.2, -0.15) is 41.2 Å². The van der Waals surface area contributed by atoms with Gasteiger partial charge in [0.1, 0.15) is 0 Å². The second-order valence-electron chi connectivity index (χ2n) is 6.17. The van der Waals surface area contributed by atoms with E-state index in [2.05, 4.69) is 25.8 Å². The van der Waals surface area contributed by atoms with E-state index < -0.39 is 23.5 Å². The molecule has 0 spiro atoms. The fraction of sp³-hybridized carbons (Fsp3) is 0.158. The lowest BCUT2D eigenvalue weighted by atomic mass is 10.1. The molecule has 0 aliphatic heterocycles. The fourth-order valence-electron chi connectivity index (χ4n) is 2.58. The highest BCUT2D eigenvalue weighted by Crippen LogP contribution is 2.32. The molecule has 0 saturated carbocycles. The summed E-state index contributed by atoms with van der Waals surface area (Å²) in [7, 11) is 0. The van der Waals surface area contributed by atoms with Crippen LogP contribution in [-0.4, -0.2) is 27.3 Å². The smallest absolute Gasteiger partial charge is 0.244 e.